The summed E-state index contributed by atoms with van der Waals surface area (Å²) in [5.41, 5.74) is 0.430. The largest absolute Gasteiger partial charge is 0.313 e. The van der Waals surface area contributed by atoms with E-state index in [4.69, 9.17) is 0 Å². The zero-order valence-electron chi connectivity index (χ0n) is 12.7. The summed E-state index contributed by atoms with van der Waals surface area (Å²) in [7, 11) is 0. The van der Waals surface area contributed by atoms with Crippen LogP contribution in [0.5, 0.6) is 0 Å². The Morgan fingerprint density at radius 2 is 2.11 bits per heavy atom. The third-order valence-electron chi connectivity index (χ3n) is 4.61. The van der Waals surface area contributed by atoms with Gasteiger partial charge in [0.15, 0.2) is 0 Å². The predicted molar refractivity (Wildman–Crippen MR) is 78.1 cm³/mol. The van der Waals surface area contributed by atoms with Crippen molar-refractivity contribution < 1.29 is 0 Å². The van der Waals surface area contributed by atoms with Gasteiger partial charge in [0.1, 0.15) is 12.2 Å². The molecule has 0 bridgehead atoms. The molecule has 1 aromatic rings. The number of aryl methyl sites for hydroxylation is 1. The maximum absolute atomic E-state index is 4.45. The zero-order chi connectivity index (χ0) is 13.7. The van der Waals surface area contributed by atoms with Gasteiger partial charge < -0.3 is 5.32 Å². The first-order valence-electron chi connectivity index (χ1n) is 7.79. The van der Waals surface area contributed by atoms with Crippen LogP contribution >= 0.6 is 0 Å². The van der Waals surface area contributed by atoms with Crippen LogP contribution in [0.15, 0.2) is 6.33 Å². The molecule has 1 unspecified atom stereocenters. The fourth-order valence-corrected chi connectivity index (χ4v) is 3.31. The molecule has 1 fully saturated rings. The van der Waals surface area contributed by atoms with Crippen molar-refractivity contribution in [2.24, 2.45) is 5.41 Å². The van der Waals surface area contributed by atoms with Gasteiger partial charge in [-0.3, -0.25) is 4.68 Å². The van der Waals surface area contributed by atoms with Gasteiger partial charge in [-0.2, -0.15) is 5.10 Å². The summed E-state index contributed by atoms with van der Waals surface area (Å²) >= 11 is 0. The second-order valence-electron chi connectivity index (χ2n) is 6.06. The lowest BCUT2D eigenvalue weighted by molar-refractivity contribution is 0.215. The lowest BCUT2D eigenvalue weighted by Gasteiger charge is -2.35. The Morgan fingerprint density at radius 3 is 2.74 bits per heavy atom. The molecule has 0 saturated heterocycles. The van der Waals surface area contributed by atoms with E-state index < -0.39 is 0 Å². The molecule has 2 rings (SSSR count). The molecule has 1 heterocycles. The molecule has 1 aliphatic rings. The highest BCUT2D eigenvalue weighted by atomic mass is 15.3. The van der Waals surface area contributed by atoms with Gasteiger partial charge in [0.25, 0.3) is 0 Å². The topological polar surface area (TPSA) is 42.7 Å². The summed E-state index contributed by atoms with van der Waals surface area (Å²) < 4.78 is 2.03. The standard InChI is InChI=1S/C15H28N4/c1-4-10-16-13(15(3)8-6-7-9-15)11-14-17-12-18-19(14)5-2/h12-13,16H,4-11H2,1-3H3. The first-order valence-corrected chi connectivity index (χ1v) is 7.79. The number of hydrogen-bond donors (Lipinski definition) is 1. The smallest absolute Gasteiger partial charge is 0.138 e. The van der Waals surface area contributed by atoms with Gasteiger partial charge >= 0.3 is 0 Å². The average Bonchev–Trinajstić information content (AvgIpc) is 3.03. The van der Waals surface area contributed by atoms with Crippen LogP contribution < -0.4 is 5.32 Å². The molecule has 19 heavy (non-hydrogen) atoms. The highest BCUT2D eigenvalue weighted by Crippen LogP contribution is 2.41. The minimum Gasteiger partial charge on any atom is -0.313 e. The van der Waals surface area contributed by atoms with E-state index in [1.54, 1.807) is 6.33 Å². The second-order valence-corrected chi connectivity index (χ2v) is 6.06. The normalized spacial score (nSPS) is 19.7. The Bertz CT molecular complexity index is 379. The number of hydrogen-bond acceptors (Lipinski definition) is 3. The van der Waals surface area contributed by atoms with Gasteiger partial charge in [-0.25, -0.2) is 4.98 Å². The van der Waals surface area contributed by atoms with Gasteiger partial charge in [-0.05, 0) is 38.1 Å². The van der Waals surface area contributed by atoms with E-state index in [1.165, 1.54) is 32.1 Å². The fraction of sp³-hybridized carbons (Fsp3) is 0.867. The summed E-state index contributed by atoms with van der Waals surface area (Å²) in [6, 6.07) is 0.532. The molecule has 4 heteroatoms. The minimum absolute atomic E-state index is 0.430. The molecule has 4 nitrogen and oxygen atoms in total. The van der Waals surface area contributed by atoms with Gasteiger partial charge in [0, 0.05) is 19.0 Å². The first kappa shape index (κ1) is 14.5. The van der Waals surface area contributed by atoms with Crippen LogP contribution in [0.25, 0.3) is 0 Å². The molecule has 0 aliphatic heterocycles. The second kappa shape index (κ2) is 6.51. The molecular weight excluding hydrogens is 236 g/mol. The molecule has 1 saturated carbocycles. The van der Waals surface area contributed by atoms with Gasteiger partial charge in [0.05, 0.1) is 0 Å². The molecule has 0 amide bonds. The van der Waals surface area contributed by atoms with Crippen molar-refractivity contribution in [3.63, 3.8) is 0 Å². The molecule has 0 radical (unpaired) electrons. The third kappa shape index (κ3) is 3.35. The molecule has 1 N–H and O–H groups in total. The fourth-order valence-electron chi connectivity index (χ4n) is 3.31. The van der Waals surface area contributed by atoms with Gasteiger partial charge in [-0.1, -0.05) is 26.7 Å². The van der Waals surface area contributed by atoms with Crippen LogP contribution in [0, 0.1) is 5.41 Å². The summed E-state index contributed by atoms with van der Waals surface area (Å²) in [5, 5.41) is 8.06. The van der Waals surface area contributed by atoms with E-state index >= 15 is 0 Å². The Morgan fingerprint density at radius 1 is 1.37 bits per heavy atom. The summed E-state index contributed by atoms with van der Waals surface area (Å²) in [5.74, 6) is 1.13. The molecule has 1 atom stereocenters. The lowest BCUT2D eigenvalue weighted by atomic mass is 9.79. The number of aromatic nitrogens is 3. The van der Waals surface area contributed by atoms with Gasteiger partial charge in [0.2, 0.25) is 0 Å². The van der Waals surface area contributed by atoms with E-state index in [0.29, 0.717) is 11.5 Å². The summed E-state index contributed by atoms with van der Waals surface area (Å²) in [6.07, 6.45) is 9.32. The van der Waals surface area contributed by atoms with E-state index in [0.717, 1.165) is 25.3 Å². The molecule has 1 aromatic heterocycles. The lowest BCUT2D eigenvalue weighted by Crippen LogP contribution is -2.44. The minimum atomic E-state index is 0.430. The highest BCUT2D eigenvalue weighted by molar-refractivity contribution is 4.98. The number of rotatable bonds is 7. The van der Waals surface area contributed by atoms with Crippen LogP contribution in [0.3, 0.4) is 0 Å². The SMILES string of the molecule is CCCNC(Cc1ncnn1CC)C1(C)CCCC1. The quantitative estimate of drug-likeness (QED) is 0.823. The van der Waals surface area contributed by atoms with Crippen molar-refractivity contribution in [1.82, 2.24) is 20.1 Å². The zero-order valence-corrected chi connectivity index (χ0v) is 12.7. The Labute approximate surface area is 117 Å². The van der Waals surface area contributed by atoms with Crippen molar-refractivity contribution in [3.05, 3.63) is 12.2 Å². The monoisotopic (exact) mass is 264 g/mol. The van der Waals surface area contributed by atoms with Gasteiger partial charge in [-0.15, -0.1) is 0 Å². The Hall–Kier alpha value is -0.900. The predicted octanol–water partition coefficient (Wildman–Crippen LogP) is 2.79. The van der Waals surface area contributed by atoms with E-state index in [9.17, 15) is 0 Å². The summed E-state index contributed by atoms with van der Waals surface area (Å²) in [6.45, 7) is 8.81. The van der Waals surface area contributed by atoms with Crippen LogP contribution in [0.4, 0.5) is 0 Å². The van der Waals surface area contributed by atoms with E-state index in [2.05, 4.69) is 36.2 Å². The third-order valence-corrected chi connectivity index (χ3v) is 4.61. The first-order chi connectivity index (χ1) is 9.19. The molecular formula is C15H28N4. The van der Waals surface area contributed by atoms with Crippen molar-refractivity contribution in [2.75, 3.05) is 6.54 Å². The van der Waals surface area contributed by atoms with Crippen LogP contribution in [-0.4, -0.2) is 27.4 Å². The molecule has 0 spiro atoms. The molecule has 108 valence electrons. The Balaban J connectivity index is 2.09. The van der Waals surface area contributed by atoms with Crippen LogP contribution in [0.2, 0.25) is 0 Å². The number of nitrogens with zero attached hydrogens (tertiary/aromatic N) is 3. The van der Waals surface area contributed by atoms with E-state index in [-0.39, 0.29) is 0 Å². The van der Waals surface area contributed by atoms with Crippen molar-refractivity contribution in [3.8, 4) is 0 Å². The van der Waals surface area contributed by atoms with Crippen molar-refractivity contribution in [2.45, 2.75) is 71.9 Å². The van der Waals surface area contributed by atoms with Crippen LogP contribution in [-0.2, 0) is 13.0 Å². The number of nitrogens with one attached hydrogen (secondary N) is 1. The highest BCUT2D eigenvalue weighted by Gasteiger charge is 2.37. The van der Waals surface area contributed by atoms with E-state index in [1.807, 2.05) is 4.68 Å². The van der Waals surface area contributed by atoms with Crippen molar-refractivity contribution >= 4 is 0 Å². The van der Waals surface area contributed by atoms with Crippen LogP contribution in [0.1, 0.15) is 58.7 Å². The average molecular weight is 264 g/mol. The maximum atomic E-state index is 4.45. The molecule has 1 aliphatic carbocycles. The van der Waals surface area contributed by atoms with Crippen molar-refractivity contribution in [1.29, 1.82) is 0 Å². The molecule has 0 aromatic carbocycles. The summed E-state index contributed by atoms with van der Waals surface area (Å²) in [4.78, 5) is 4.45. The maximum Gasteiger partial charge on any atom is 0.138 e. The Kier molecular flexibility index (Phi) is 4.97.